The van der Waals surface area contributed by atoms with Crippen LogP contribution in [0.2, 0.25) is 5.02 Å². The fourth-order valence-electron chi connectivity index (χ4n) is 2.24. The van der Waals surface area contributed by atoms with Gasteiger partial charge in [0, 0.05) is 0 Å². The van der Waals surface area contributed by atoms with Crippen molar-refractivity contribution in [1.29, 1.82) is 0 Å². The van der Waals surface area contributed by atoms with E-state index in [0.717, 1.165) is 30.5 Å². The molecule has 0 aliphatic carbocycles. The average molecular weight is 400 g/mol. The average Bonchev–Trinajstić information content (AvgIpc) is 3.01. The lowest BCUT2D eigenvalue weighted by molar-refractivity contribution is -0.143. The Kier molecular flexibility index (Phi) is 5.04. The number of nitrogens with zero attached hydrogens (tertiary/aromatic N) is 2. The van der Waals surface area contributed by atoms with Crippen LogP contribution in [-0.2, 0) is 6.18 Å². The number of alkyl halides is 3. The van der Waals surface area contributed by atoms with E-state index in [-0.39, 0.29) is 16.4 Å². The summed E-state index contributed by atoms with van der Waals surface area (Å²) < 4.78 is 58.7. The molecular weight excluding hydrogens is 390 g/mol. The summed E-state index contributed by atoms with van der Waals surface area (Å²) in [5, 5.41) is 6.04. The van der Waals surface area contributed by atoms with Crippen molar-refractivity contribution in [3.05, 3.63) is 71.3 Å². The van der Waals surface area contributed by atoms with Crippen molar-refractivity contribution >= 4 is 23.4 Å². The highest BCUT2D eigenvalue weighted by atomic mass is 35.5. The summed E-state index contributed by atoms with van der Waals surface area (Å²) >= 11 is 5.87. The van der Waals surface area contributed by atoms with Crippen molar-refractivity contribution in [2.45, 2.75) is 6.18 Å². The van der Waals surface area contributed by atoms with Crippen LogP contribution in [0.15, 0.2) is 54.7 Å². The molecule has 1 heterocycles. The highest BCUT2D eigenvalue weighted by Gasteiger charge is 2.40. The second-order valence-corrected chi connectivity index (χ2v) is 5.64. The van der Waals surface area contributed by atoms with Gasteiger partial charge in [-0.3, -0.25) is 5.32 Å². The predicted octanol–water partition coefficient (Wildman–Crippen LogP) is 5.29. The highest BCUT2D eigenvalue weighted by Crippen LogP contribution is 2.37. The van der Waals surface area contributed by atoms with Gasteiger partial charge in [-0.15, -0.1) is 0 Å². The standard InChI is InChI=1S/C17H10ClF4N3O2/c18-12-3-1-2-4-13(12)24-16(26)27-14-9-23-25(15(14)17(20,21)22)11-7-5-10(19)6-8-11/h1-9H,(H,24,26). The minimum atomic E-state index is -4.88. The van der Waals surface area contributed by atoms with Gasteiger partial charge in [-0.1, -0.05) is 23.7 Å². The Bertz CT molecular complexity index is 971. The lowest BCUT2D eigenvalue weighted by atomic mass is 10.3. The fourth-order valence-corrected chi connectivity index (χ4v) is 2.43. The van der Waals surface area contributed by atoms with E-state index in [1.54, 1.807) is 12.1 Å². The summed E-state index contributed by atoms with van der Waals surface area (Å²) in [6.45, 7) is 0. The number of carbonyl (C=O) groups is 1. The Hall–Kier alpha value is -3.07. The lowest BCUT2D eigenvalue weighted by Crippen LogP contribution is -2.20. The minimum absolute atomic E-state index is 0.0508. The molecule has 27 heavy (non-hydrogen) atoms. The van der Waals surface area contributed by atoms with Crippen LogP contribution in [0.25, 0.3) is 5.69 Å². The van der Waals surface area contributed by atoms with Gasteiger partial charge in [0.1, 0.15) is 5.82 Å². The number of para-hydroxylation sites is 1. The number of ether oxygens (including phenoxy) is 1. The number of amides is 1. The molecule has 3 aromatic rings. The number of anilines is 1. The van der Waals surface area contributed by atoms with Crippen LogP contribution >= 0.6 is 11.6 Å². The summed E-state index contributed by atoms with van der Waals surface area (Å²) in [7, 11) is 0. The first-order valence-electron chi connectivity index (χ1n) is 7.40. The molecule has 1 N–H and O–H groups in total. The zero-order valence-electron chi connectivity index (χ0n) is 13.3. The van der Waals surface area contributed by atoms with Gasteiger partial charge in [-0.25, -0.2) is 13.9 Å². The second-order valence-electron chi connectivity index (χ2n) is 5.24. The van der Waals surface area contributed by atoms with Crippen LogP contribution in [0.5, 0.6) is 5.75 Å². The SMILES string of the molecule is O=C(Nc1ccccc1Cl)Oc1cnn(-c2ccc(F)cc2)c1C(F)(F)F. The molecule has 0 saturated heterocycles. The Morgan fingerprint density at radius 1 is 1.11 bits per heavy atom. The monoisotopic (exact) mass is 399 g/mol. The van der Waals surface area contributed by atoms with Gasteiger partial charge in [0.05, 0.1) is 22.6 Å². The van der Waals surface area contributed by atoms with Crippen LogP contribution < -0.4 is 10.1 Å². The third-order valence-corrected chi connectivity index (χ3v) is 3.72. The number of halogens is 5. The van der Waals surface area contributed by atoms with Crippen LogP contribution in [-0.4, -0.2) is 15.9 Å². The van der Waals surface area contributed by atoms with E-state index >= 15 is 0 Å². The number of benzene rings is 2. The maximum absolute atomic E-state index is 13.5. The van der Waals surface area contributed by atoms with Crippen molar-refractivity contribution in [1.82, 2.24) is 9.78 Å². The first kappa shape index (κ1) is 18.7. The van der Waals surface area contributed by atoms with E-state index in [9.17, 15) is 22.4 Å². The van der Waals surface area contributed by atoms with E-state index in [2.05, 4.69) is 10.4 Å². The number of rotatable bonds is 3. The molecular formula is C17H10ClF4N3O2. The van der Waals surface area contributed by atoms with Crippen LogP contribution in [0.4, 0.5) is 28.0 Å². The summed E-state index contributed by atoms with van der Waals surface area (Å²) in [5.74, 6) is -1.42. The van der Waals surface area contributed by atoms with Crippen molar-refractivity contribution < 1.29 is 27.1 Å². The summed E-state index contributed by atoms with van der Waals surface area (Å²) in [5.41, 5.74) is -1.20. The van der Waals surface area contributed by atoms with Crippen LogP contribution in [0.3, 0.4) is 0 Å². The molecule has 1 amide bonds. The number of hydrogen-bond acceptors (Lipinski definition) is 3. The van der Waals surface area contributed by atoms with Gasteiger partial charge in [-0.2, -0.15) is 18.3 Å². The molecule has 140 valence electrons. The van der Waals surface area contributed by atoms with Crippen molar-refractivity contribution in [3.8, 4) is 11.4 Å². The minimum Gasteiger partial charge on any atom is -0.406 e. The van der Waals surface area contributed by atoms with E-state index in [1.165, 1.54) is 12.1 Å². The topological polar surface area (TPSA) is 56.1 Å². The number of carbonyl (C=O) groups excluding carboxylic acids is 1. The van der Waals surface area contributed by atoms with Crippen molar-refractivity contribution in [3.63, 3.8) is 0 Å². The molecule has 0 spiro atoms. The molecule has 0 radical (unpaired) electrons. The largest absolute Gasteiger partial charge is 0.437 e. The molecule has 0 fully saturated rings. The fraction of sp³-hybridized carbons (Fsp3) is 0.0588. The number of hydrogen-bond donors (Lipinski definition) is 1. The maximum atomic E-state index is 13.5. The molecule has 0 aliphatic rings. The molecule has 0 aliphatic heterocycles. The van der Waals surface area contributed by atoms with E-state index < -0.39 is 29.5 Å². The Balaban J connectivity index is 1.90. The zero-order valence-corrected chi connectivity index (χ0v) is 14.1. The number of aromatic nitrogens is 2. The van der Waals surface area contributed by atoms with Crippen molar-refractivity contribution in [2.75, 3.05) is 5.32 Å². The third-order valence-electron chi connectivity index (χ3n) is 3.39. The van der Waals surface area contributed by atoms with E-state index in [4.69, 9.17) is 16.3 Å². The van der Waals surface area contributed by atoms with Gasteiger partial charge in [0.2, 0.25) is 0 Å². The highest BCUT2D eigenvalue weighted by molar-refractivity contribution is 6.33. The molecule has 2 aromatic carbocycles. The van der Waals surface area contributed by atoms with E-state index in [1.807, 2.05) is 0 Å². The van der Waals surface area contributed by atoms with Gasteiger partial charge in [0.25, 0.3) is 0 Å². The van der Waals surface area contributed by atoms with Crippen molar-refractivity contribution in [2.24, 2.45) is 0 Å². The smallest absolute Gasteiger partial charge is 0.406 e. The summed E-state index contributed by atoms with van der Waals surface area (Å²) in [4.78, 5) is 12.0. The molecule has 10 heteroatoms. The van der Waals surface area contributed by atoms with Crippen LogP contribution in [0, 0.1) is 5.82 Å². The van der Waals surface area contributed by atoms with Gasteiger partial charge in [-0.05, 0) is 36.4 Å². The summed E-state index contributed by atoms with van der Waals surface area (Å²) in [6, 6.07) is 10.4. The Labute approximate surface area is 155 Å². The van der Waals surface area contributed by atoms with Gasteiger partial charge >= 0.3 is 12.3 Å². The molecule has 5 nitrogen and oxygen atoms in total. The van der Waals surface area contributed by atoms with Crippen LogP contribution in [0.1, 0.15) is 5.69 Å². The Morgan fingerprint density at radius 3 is 2.41 bits per heavy atom. The quantitative estimate of drug-likeness (QED) is 0.608. The molecule has 0 unspecified atom stereocenters. The maximum Gasteiger partial charge on any atom is 0.437 e. The normalized spacial score (nSPS) is 11.3. The van der Waals surface area contributed by atoms with Gasteiger partial charge < -0.3 is 4.74 Å². The zero-order chi connectivity index (χ0) is 19.6. The molecule has 3 rings (SSSR count). The third kappa shape index (κ3) is 4.20. The molecule has 0 saturated carbocycles. The Morgan fingerprint density at radius 2 is 1.78 bits per heavy atom. The van der Waals surface area contributed by atoms with Gasteiger partial charge in [0.15, 0.2) is 11.4 Å². The lowest BCUT2D eigenvalue weighted by Gasteiger charge is -2.13. The first-order valence-corrected chi connectivity index (χ1v) is 7.78. The molecule has 1 aromatic heterocycles. The predicted molar refractivity (Wildman–Crippen MR) is 89.6 cm³/mol. The molecule has 0 bridgehead atoms. The second kappa shape index (κ2) is 7.28. The van der Waals surface area contributed by atoms with E-state index in [0.29, 0.717) is 4.68 Å². The molecule has 0 atom stereocenters. The summed E-state index contributed by atoms with van der Waals surface area (Å²) in [6.07, 6.45) is -5.31. The number of nitrogens with one attached hydrogen (secondary N) is 1. The first-order chi connectivity index (χ1) is 12.8.